The highest BCUT2D eigenvalue weighted by atomic mass is 19.1. The Hall–Kier alpha value is -4.07. The summed E-state index contributed by atoms with van der Waals surface area (Å²) in [6, 6.07) is 18.4. The summed E-state index contributed by atoms with van der Waals surface area (Å²) < 4.78 is 37.4. The lowest BCUT2D eigenvalue weighted by molar-refractivity contribution is -0.122. The number of nitrogens with one attached hydrogen (secondary N) is 1. The highest BCUT2D eigenvalue weighted by Gasteiger charge is 2.17. The van der Waals surface area contributed by atoms with Gasteiger partial charge in [0.15, 0.2) is 17.7 Å². The number of aromatic nitrogens is 2. The van der Waals surface area contributed by atoms with Gasteiger partial charge in [-0.2, -0.15) is 4.98 Å². The van der Waals surface area contributed by atoms with Crippen LogP contribution in [0, 0.1) is 11.6 Å². The number of hydrogen-bond acceptors (Lipinski definition) is 5. The van der Waals surface area contributed by atoms with Crippen molar-refractivity contribution >= 4 is 11.6 Å². The molecule has 6 nitrogen and oxygen atoms in total. The molecule has 0 aliphatic heterocycles. The molecule has 0 radical (unpaired) electrons. The summed E-state index contributed by atoms with van der Waals surface area (Å²) in [6.07, 6.45) is -0.897. The molecule has 1 aromatic heterocycles. The Morgan fingerprint density at radius 3 is 2.35 bits per heavy atom. The fourth-order valence-corrected chi connectivity index (χ4v) is 2.78. The molecule has 0 aliphatic rings. The van der Waals surface area contributed by atoms with E-state index in [4.69, 9.17) is 9.26 Å². The number of hydrogen-bond donors (Lipinski definition) is 1. The van der Waals surface area contributed by atoms with Crippen molar-refractivity contribution in [2.24, 2.45) is 0 Å². The zero-order chi connectivity index (χ0) is 21.8. The second-order valence-corrected chi connectivity index (χ2v) is 6.69. The molecule has 1 unspecified atom stereocenters. The first-order valence-corrected chi connectivity index (χ1v) is 9.42. The van der Waals surface area contributed by atoms with E-state index in [-0.39, 0.29) is 17.5 Å². The molecule has 0 saturated carbocycles. The minimum Gasteiger partial charge on any atom is -0.478 e. The van der Waals surface area contributed by atoms with Crippen molar-refractivity contribution in [1.29, 1.82) is 0 Å². The number of amides is 1. The SMILES string of the molecule is CC(Oc1ccccc1F)C(=O)Nc1ccc(-c2nc(-c3ccc(F)cc3)no2)cc1. The average Bonchev–Trinajstić information content (AvgIpc) is 3.26. The largest absolute Gasteiger partial charge is 0.478 e. The lowest BCUT2D eigenvalue weighted by Gasteiger charge is -2.15. The van der Waals surface area contributed by atoms with Crippen LogP contribution in [-0.4, -0.2) is 22.2 Å². The van der Waals surface area contributed by atoms with Crippen LogP contribution >= 0.6 is 0 Å². The van der Waals surface area contributed by atoms with Gasteiger partial charge in [-0.25, -0.2) is 8.78 Å². The minimum absolute atomic E-state index is 0.00819. The first-order valence-electron chi connectivity index (χ1n) is 9.42. The molecule has 0 aliphatic carbocycles. The van der Waals surface area contributed by atoms with Crippen LogP contribution in [0.4, 0.5) is 14.5 Å². The lowest BCUT2D eigenvalue weighted by Crippen LogP contribution is -2.30. The van der Waals surface area contributed by atoms with Crippen LogP contribution in [0.25, 0.3) is 22.8 Å². The van der Waals surface area contributed by atoms with Gasteiger partial charge >= 0.3 is 0 Å². The molecule has 1 amide bonds. The lowest BCUT2D eigenvalue weighted by atomic mass is 10.2. The predicted octanol–water partition coefficient (Wildman–Crippen LogP) is 5.09. The van der Waals surface area contributed by atoms with Gasteiger partial charge in [-0.05, 0) is 67.6 Å². The molecule has 0 bridgehead atoms. The van der Waals surface area contributed by atoms with Crippen LogP contribution in [0.3, 0.4) is 0 Å². The van der Waals surface area contributed by atoms with Gasteiger partial charge in [0.05, 0.1) is 0 Å². The Kier molecular flexibility index (Phi) is 5.70. The van der Waals surface area contributed by atoms with Gasteiger partial charge in [0.1, 0.15) is 5.82 Å². The highest BCUT2D eigenvalue weighted by molar-refractivity contribution is 5.94. The van der Waals surface area contributed by atoms with E-state index in [0.29, 0.717) is 22.6 Å². The molecule has 4 rings (SSSR count). The van der Waals surface area contributed by atoms with Crippen molar-refractivity contribution in [3.63, 3.8) is 0 Å². The number of para-hydroxylation sites is 1. The molecular weight excluding hydrogens is 404 g/mol. The number of ether oxygens (including phenoxy) is 1. The van der Waals surface area contributed by atoms with E-state index in [2.05, 4.69) is 15.5 Å². The number of carbonyl (C=O) groups is 1. The molecule has 3 aromatic carbocycles. The molecular formula is C23H17F2N3O3. The summed E-state index contributed by atoms with van der Waals surface area (Å²) in [6.45, 7) is 1.53. The summed E-state index contributed by atoms with van der Waals surface area (Å²) in [5.74, 6) is -0.675. The Morgan fingerprint density at radius 1 is 0.968 bits per heavy atom. The van der Waals surface area contributed by atoms with E-state index < -0.39 is 17.8 Å². The van der Waals surface area contributed by atoms with Gasteiger partial charge < -0.3 is 14.6 Å². The number of anilines is 1. The third-order valence-electron chi connectivity index (χ3n) is 4.44. The summed E-state index contributed by atoms with van der Waals surface area (Å²) in [5.41, 5.74) is 1.80. The molecule has 1 N–H and O–H groups in total. The van der Waals surface area contributed by atoms with Crippen LogP contribution in [0.1, 0.15) is 6.92 Å². The molecule has 156 valence electrons. The molecule has 0 spiro atoms. The monoisotopic (exact) mass is 421 g/mol. The number of rotatable bonds is 6. The highest BCUT2D eigenvalue weighted by Crippen LogP contribution is 2.24. The van der Waals surface area contributed by atoms with Crippen molar-refractivity contribution in [2.75, 3.05) is 5.32 Å². The van der Waals surface area contributed by atoms with Gasteiger partial charge in [-0.1, -0.05) is 17.3 Å². The van der Waals surface area contributed by atoms with E-state index >= 15 is 0 Å². The van der Waals surface area contributed by atoms with Crippen molar-refractivity contribution in [3.8, 4) is 28.6 Å². The molecule has 31 heavy (non-hydrogen) atoms. The minimum atomic E-state index is -0.897. The molecule has 1 heterocycles. The zero-order valence-electron chi connectivity index (χ0n) is 16.4. The first-order chi connectivity index (χ1) is 15.0. The number of carbonyl (C=O) groups excluding carboxylic acids is 1. The van der Waals surface area contributed by atoms with Gasteiger partial charge in [0.25, 0.3) is 11.8 Å². The van der Waals surface area contributed by atoms with E-state index in [0.717, 1.165) is 0 Å². The number of benzene rings is 3. The smallest absolute Gasteiger partial charge is 0.265 e. The molecule has 0 saturated heterocycles. The second kappa shape index (κ2) is 8.74. The normalized spacial score (nSPS) is 11.7. The molecule has 8 heteroatoms. The van der Waals surface area contributed by atoms with Gasteiger partial charge in [0, 0.05) is 16.8 Å². The predicted molar refractivity (Wildman–Crippen MR) is 110 cm³/mol. The van der Waals surface area contributed by atoms with Crippen LogP contribution in [0.5, 0.6) is 5.75 Å². The van der Waals surface area contributed by atoms with Crippen molar-refractivity contribution in [3.05, 3.63) is 84.4 Å². The summed E-state index contributed by atoms with van der Waals surface area (Å²) >= 11 is 0. The average molecular weight is 421 g/mol. The van der Waals surface area contributed by atoms with E-state index in [1.807, 2.05) is 0 Å². The summed E-state index contributed by atoms with van der Waals surface area (Å²) in [5, 5.41) is 6.62. The Balaban J connectivity index is 1.41. The Morgan fingerprint density at radius 2 is 1.65 bits per heavy atom. The van der Waals surface area contributed by atoms with Crippen LogP contribution < -0.4 is 10.1 Å². The van der Waals surface area contributed by atoms with Crippen LogP contribution in [0.2, 0.25) is 0 Å². The van der Waals surface area contributed by atoms with E-state index in [9.17, 15) is 13.6 Å². The van der Waals surface area contributed by atoms with Crippen molar-refractivity contribution < 1.29 is 22.8 Å². The third-order valence-corrected chi connectivity index (χ3v) is 4.44. The van der Waals surface area contributed by atoms with Crippen LogP contribution in [0.15, 0.2) is 77.3 Å². The number of halogens is 2. The molecule has 0 fully saturated rings. The maximum atomic E-state index is 13.7. The fourth-order valence-electron chi connectivity index (χ4n) is 2.78. The quantitative estimate of drug-likeness (QED) is 0.469. The van der Waals surface area contributed by atoms with Gasteiger partial charge in [0.2, 0.25) is 5.82 Å². The van der Waals surface area contributed by atoms with Crippen molar-refractivity contribution in [2.45, 2.75) is 13.0 Å². The second-order valence-electron chi connectivity index (χ2n) is 6.69. The Bertz CT molecular complexity index is 1190. The Labute approximate surface area is 176 Å². The van der Waals surface area contributed by atoms with Crippen LogP contribution in [-0.2, 0) is 4.79 Å². The topological polar surface area (TPSA) is 77.2 Å². The zero-order valence-corrected chi connectivity index (χ0v) is 16.4. The standard InChI is InChI=1S/C23H17F2N3O3/c1-14(30-20-5-3-2-4-19(20)25)22(29)26-18-12-8-16(9-13-18)23-27-21(28-31-23)15-6-10-17(24)11-7-15/h2-14H,1H3,(H,26,29). The fraction of sp³-hybridized carbons (Fsp3) is 0.0870. The summed E-state index contributed by atoms with van der Waals surface area (Å²) in [4.78, 5) is 16.7. The maximum Gasteiger partial charge on any atom is 0.265 e. The third kappa shape index (κ3) is 4.75. The molecule has 4 aromatic rings. The van der Waals surface area contributed by atoms with Crippen molar-refractivity contribution in [1.82, 2.24) is 10.1 Å². The molecule has 1 atom stereocenters. The maximum absolute atomic E-state index is 13.7. The number of nitrogens with zero attached hydrogens (tertiary/aromatic N) is 2. The summed E-state index contributed by atoms with van der Waals surface area (Å²) in [7, 11) is 0. The van der Waals surface area contributed by atoms with E-state index in [1.54, 1.807) is 48.5 Å². The van der Waals surface area contributed by atoms with Gasteiger partial charge in [-0.3, -0.25) is 4.79 Å². The van der Waals surface area contributed by atoms with Gasteiger partial charge in [-0.15, -0.1) is 0 Å². The van der Waals surface area contributed by atoms with E-state index in [1.165, 1.54) is 31.2 Å². The first kappa shape index (κ1) is 20.2.